The first-order chi connectivity index (χ1) is 9.97. The van der Waals surface area contributed by atoms with Crippen LogP contribution in [0.3, 0.4) is 0 Å². The van der Waals surface area contributed by atoms with E-state index < -0.39 is 0 Å². The van der Waals surface area contributed by atoms with E-state index in [1.54, 1.807) is 0 Å². The first-order valence-electron chi connectivity index (χ1n) is 6.69. The van der Waals surface area contributed by atoms with Crippen molar-refractivity contribution < 1.29 is 0 Å². The van der Waals surface area contributed by atoms with Crippen LogP contribution in [0.2, 0.25) is 0 Å². The second kappa shape index (κ2) is 4.96. The van der Waals surface area contributed by atoms with Crippen LogP contribution in [0.5, 0.6) is 0 Å². The van der Waals surface area contributed by atoms with Gasteiger partial charge in [0.25, 0.3) is 0 Å². The molecule has 5 nitrogen and oxygen atoms in total. The highest BCUT2D eigenvalue weighted by Gasteiger charge is 2.16. The fourth-order valence-corrected chi connectivity index (χ4v) is 3.37. The van der Waals surface area contributed by atoms with E-state index in [-0.39, 0.29) is 0 Å². The Morgan fingerprint density at radius 2 is 1.71 bits per heavy atom. The molecule has 0 aliphatic rings. The van der Waals surface area contributed by atoms with Crippen molar-refractivity contribution in [2.45, 2.75) is 27.7 Å². The molecule has 0 aliphatic heterocycles. The molecule has 6 heteroatoms. The van der Waals surface area contributed by atoms with E-state index in [2.05, 4.69) is 48.2 Å². The molecule has 0 aliphatic carbocycles. The third-order valence-electron chi connectivity index (χ3n) is 3.53. The lowest BCUT2D eigenvalue weighted by Gasteiger charge is -2.13. The highest BCUT2D eigenvalue weighted by Crippen LogP contribution is 2.30. The zero-order valence-corrected chi connectivity index (χ0v) is 13.3. The summed E-state index contributed by atoms with van der Waals surface area (Å²) in [4.78, 5) is 0. The molecular formula is C15H17N5S. The quantitative estimate of drug-likeness (QED) is 0.789. The SMILES string of the molecule is Cc1cc(C)c(-n2ncc(-c3nnc(N)s3)c2C)c(C)c1. The van der Waals surface area contributed by atoms with Crippen LogP contribution in [-0.4, -0.2) is 20.0 Å². The number of rotatable bonds is 2. The van der Waals surface area contributed by atoms with Gasteiger partial charge < -0.3 is 5.73 Å². The second-order valence-corrected chi connectivity index (χ2v) is 6.26. The van der Waals surface area contributed by atoms with Crippen molar-refractivity contribution in [2.24, 2.45) is 0 Å². The molecule has 2 heterocycles. The minimum absolute atomic E-state index is 0.472. The summed E-state index contributed by atoms with van der Waals surface area (Å²) in [5.74, 6) is 0. The van der Waals surface area contributed by atoms with E-state index in [1.807, 2.05) is 17.8 Å². The standard InChI is InChI=1S/C15H17N5S/c1-8-5-9(2)13(10(3)6-8)20-11(4)12(7-17-20)14-18-19-15(16)21-14/h5-7H,1-4H3,(H2,16,19). The van der Waals surface area contributed by atoms with Crippen LogP contribution in [0, 0.1) is 27.7 Å². The van der Waals surface area contributed by atoms with Gasteiger partial charge in [0, 0.05) is 0 Å². The van der Waals surface area contributed by atoms with E-state index in [0.717, 1.165) is 22.0 Å². The molecule has 0 unspecified atom stereocenters. The molecule has 21 heavy (non-hydrogen) atoms. The normalized spacial score (nSPS) is 11.0. The minimum atomic E-state index is 0.472. The Labute approximate surface area is 127 Å². The summed E-state index contributed by atoms with van der Waals surface area (Å²) < 4.78 is 1.97. The van der Waals surface area contributed by atoms with Crippen LogP contribution < -0.4 is 5.73 Å². The molecule has 0 bridgehead atoms. The van der Waals surface area contributed by atoms with Crippen molar-refractivity contribution in [1.29, 1.82) is 0 Å². The third kappa shape index (κ3) is 2.31. The minimum Gasteiger partial charge on any atom is -0.374 e. The van der Waals surface area contributed by atoms with Gasteiger partial charge in [0.05, 0.1) is 23.1 Å². The predicted molar refractivity (Wildman–Crippen MR) is 85.8 cm³/mol. The van der Waals surface area contributed by atoms with Crippen LogP contribution in [0.4, 0.5) is 5.13 Å². The number of aryl methyl sites for hydroxylation is 3. The lowest BCUT2D eigenvalue weighted by atomic mass is 10.0. The average molecular weight is 299 g/mol. The van der Waals surface area contributed by atoms with Gasteiger partial charge in [0.15, 0.2) is 5.01 Å². The first kappa shape index (κ1) is 13.8. The van der Waals surface area contributed by atoms with Gasteiger partial charge in [-0.05, 0) is 38.8 Å². The third-order valence-corrected chi connectivity index (χ3v) is 4.31. The molecule has 1 aromatic carbocycles. The maximum Gasteiger partial charge on any atom is 0.203 e. The number of benzene rings is 1. The van der Waals surface area contributed by atoms with Crippen molar-refractivity contribution in [3.8, 4) is 16.3 Å². The number of aromatic nitrogens is 4. The monoisotopic (exact) mass is 299 g/mol. The zero-order chi connectivity index (χ0) is 15.1. The number of hydrogen-bond acceptors (Lipinski definition) is 5. The van der Waals surface area contributed by atoms with Gasteiger partial charge in [-0.15, -0.1) is 10.2 Å². The molecule has 3 aromatic rings. The molecule has 0 atom stereocenters. The van der Waals surface area contributed by atoms with Crippen LogP contribution in [0.15, 0.2) is 18.3 Å². The summed E-state index contributed by atoms with van der Waals surface area (Å²) in [5, 5.41) is 13.8. The van der Waals surface area contributed by atoms with E-state index in [4.69, 9.17) is 5.73 Å². The van der Waals surface area contributed by atoms with Crippen molar-refractivity contribution in [1.82, 2.24) is 20.0 Å². The Balaban J connectivity index is 2.16. The zero-order valence-electron chi connectivity index (χ0n) is 12.5. The predicted octanol–water partition coefficient (Wildman–Crippen LogP) is 3.21. The summed E-state index contributed by atoms with van der Waals surface area (Å²) in [6.45, 7) is 8.37. The van der Waals surface area contributed by atoms with E-state index in [9.17, 15) is 0 Å². The number of nitrogens with two attached hydrogens (primary N) is 1. The molecule has 2 aromatic heterocycles. The van der Waals surface area contributed by atoms with E-state index in [0.29, 0.717) is 5.13 Å². The Kier molecular flexibility index (Phi) is 3.25. The molecule has 0 amide bonds. The Morgan fingerprint density at radius 3 is 2.29 bits per heavy atom. The maximum absolute atomic E-state index is 5.67. The van der Waals surface area contributed by atoms with Crippen molar-refractivity contribution >= 4 is 16.5 Å². The topological polar surface area (TPSA) is 69.6 Å². The van der Waals surface area contributed by atoms with Crippen LogP contribution >= 0.6 is 11.3 Å². The largest absolute Gasteiger partial charge is 0.374 e. The number of anilines is 1. The summed E-state index contributed by atoms with van der Waals surface area (Å²) in [5.41, 5.74) is 12.5. The van der Waals surface area contributed by atoms with Crippen LogP contribution in [0.25, 0.3) is 16.3 Å². The number of nitrogen functional groups attached to an aromatic ring is 1. The van der Waals surface area contributed by atoms with Gasteiger partial charge in [-0.3, -0.25) is 0 Å². The second-order valence-electron chi connectivity index (χ2n) is 5.25. The summed E-state index contributed by atoms with van der Waals surface area (Å²) in [6.07, 6.45) is 1.83. The summed E-state index contributed by atoms with van der Waals surface area (Å²) in [7, 11) is 0. The molecule has 0 fully saturated rings. The smallest absolute Gasteiger partial charge is 0.203 e. The molecule has 0 spiro atoms. The van der Waals surface area contributed by atoms with Gasteiger partial charge in [-0.1, -0.05) is 29.0 Å². The Hall–Kier alpha value is -2.21. The van der Waals surface area contributed by atoms with Gasteiger partial charge in [0.2, 0.25) is 5.13 Å². The van der Waals surface area contributed by atoms with Crippen LogP contribution in [-0.2, 0) is 0 Å². The van der Waals surface area contributed by atoms with Crippen LogP contribution in [0.1, 0.15) is 22.4 Å². The van der Waals surface area contributed by atoms with Crippen molar-refractivity contribution in [3.05, 3.63) is 40.7 Å². The van der Waals surface area contributed by atoms with E-state index >= 15 is 0 Å². The van der Waals surface area contributed by atoms with Crippen molar-refractivity contribution in [3.63, 3.8) is 0 Å². The Bertz CT molecular complexity index is 792. The van der Waals surface area contributed by atoms with Gasteiger partial charge >= 0.3 is 0 Å². The maximum atomic E-state index is 5.67. The Morgan fingerprint density at radius 1 is 1.05 bits per heavy atom. The summed E-state index contributed by atoms with van der Waals surface area (Å²) in [6, 6.07) is 4.35. The fraction of sp³-hybridized carbons (Fsp3) is 0.267. The molecule has 0 saturated carbocycles. The molecule has 2 N–H and O–H groups in total. The summed E-state index contributed by atoms with van der Waals surface area (Å²) >= 11 is 1.38. The van der Waals surface area contributed by atoms with Gasteiger partial charge in [-0.25, -0.2) is 4.68 Å². The molecule has 108 valence electrons. The molecule has 0 saturated heterocycles. The fourth-order valence-electron chi connectivity index (χ4n) is 2.69. The average Bonchev–Trinajstić information content (AvgIpc) is 2.96. The van der Waals surface area contributed by atoms with Crippen molar-refractivity contribution in [2.75, 3.05) is 5.73 Å². The van der Waals surface area contributed by atoms with Gasteiger partial charge in [0.1, 0.15) is 0 Å². The van der Waals surface area contributed by atoms with E-state index in [1.165, 1.54) is 28.0 Å². The lowest BCUT2D eigenvalue weighted by Crippen LogP contribution is -2.04. The molecule has 0 radical (unpaired) electrons. The molecule has 3 rings (SSSR count). The lowest BCUT2D eigenvalue weighted by molar-refractivity contribution is 0.833. The number of hydrogen-bond donors (Lipinski definition) is 1. The highest BCUT2D eigenvalue weighted by molar-refractivity contribution is 7.18. The highest BCUT2D eigenvalue weighted by atomic mass is 32.1. The number of nitrogens with zero attached hydrogens (tertiary/aromatic N) is 4. The molecular weight excluding hydrogens is 282 g/mol. The van der Waals surface area contributed by atoms with Gasteiger partial charge in [-0.2, -0.15) is 5.10 Å². The first-order valence-corrected chi connectivity index (χ1v) is 7.51.